The van der Waals surface area contributed by atoms with E-state index in [-0.39, 0.29) is 12.7 Å². The first-order valence-electron chi connectivity index (χ1n) is 8.74. The third-order valence-corrected chi connectivity index (χ3v) is 5.23. The molecule has 2 fully saturated rings. The molecule has 1 aromatic rings. The van der Waals surface area contributed by atoms with E-state index >= 15 is 0 Å². The molecule has 130 valence electrons. The van der Waals surface area contributed by atoms with Crippen LogP contribution in [0.5, 0.6) is 0 Å². The van der Waals surface area contributed by atoms with Gasteiger partial charge in [-0.25, -0.2) is 0 Å². The van der Waals surface area contributed by atoms with Gasteiger partial charge in [0, 0.05) is 12.1 Å². The molecule has 1 aromatic carbocycles. The molecular weight excluding hydrogens is 306 g/mol. The summed E-state index contributed by atoms with van der Waals surface area (Å²) in [6.07, 6.45) is 3.92. The maximum Gasteiger partial charge on any atom is 0.325 e. The molecule has 2 aliphatic rings. The van der Waals surface area contributed by atoms with Gasteiger partial charge in [0.25, 0.3) is 0 Å². The summed E-state index contributed by atoms with van der Waals surface area (Å²) in [5.41, 5.74) is 0.622. The van der Waals surface area contributed by atoms with Gasteiger partial charge in [0.05, 0.1) is 6.61 Å². The number of esters is 2. The standard InChI is InChI=1S/C19H25NO4/c1-3-23-18(21)17(13-7-5-4-6-8-13)19(22)24-16-11-14-9-10-15(12-16)20(14)2/h4-8,14-17H,3,9-12H2,1-2H3. The van der Waals surface area contributed by atoms with Crippen LogP contribution in [0.15, 0.2) is 30.3 Å². The van der Waals surface area contributed by atoms with Gasteiger partial charge in [-0.05, 0) is 45.2 Å². The lowest BCUT2D eigenvalue weighted by Crippen LogP contribution is -2.44. The molecule has 0 spiro atoms. The molecule has 0 saturated carbocycles. The number of nitrogens with zero attached hydrogens (tertiary/aromatic N) is 1. The Morgan fingerprint density at radius 1 is 1.12 bits per heavy atom. The minimum atomic E-state index is -0.997. The Hall–Kier alpha value is -1.88. The molecule has 24 heavy (non-hydrogen) atoms. The Balaban J connectivity index is 1.71. The second kappa shape index (κ2) is 7.34. The molecule has 3 unspecified atom stereocenters. The zero-order valence-corrected chi connectivity index (χ0v) is 14.3. The van der Waals surface area contributed by atoms with Crippen molar-refractivity contribution in [1.29, 1.82) is 0 Å². The fraction of sp³-hybridized carbons (Fsp3) is 0.579. The quantitative estimate of drug-likeness (QED) is 0.613. The van der Waals surface area contributed by atoms with E-state index in [1.165, 1.54) is 0 Å². The minimum Gasteiger partial charge on any atom is -0.465 e. The number of piperidine rings is 1. The molecule has 0 radical (unpaired) electrons. The highest BCUT2D eigenvalue weighted by atomic mass is 16.6. The van der Waals surface area contributed by atoms with Gasteiger partial charge >= 0.3 is 11.9 Å². The first kappa shape index (κ1) is 17.0. The highest BCUT2D eigenvalue weighted by molar-refractivity contribution is 6.00. The second-order valence-corrected chi connectivity index (χ2v) is 6.68. The predicted molar refractivity (Wildman–Crippen MR) is 89.5 cm³/mol. The zero-order valence-electron chi connectivity index (χ0n) is 14.3. The van der Waals surface area contributed by atoms with Gasteiger partial charge in [0.15, 0.2) is 5.92 Å². The summed E-state index contributed by atoms with van der Waals surface area (Å²) < 4.78 is 10.8. The average Bonchev–Trinajstić information content (AvgIpc) is 2.78. The van der Waals surface area contributed by atoms with Crippen molar-refractivity contribution in [2.24, 2.45) is 0 Å². The van der Waals surface area contributed by atoms with E-state index in [1.54, 1.807) is 19.1 Å². The Labute approximate surface area is 142 Å². The Kier molecular flexibility index (Phi) is 5.19. The van der Waals surface area contributed by atoms with Crippen molar-refractivity contribution in [3.05, 3.63) is 35.9 Å². The van der Waals surface area contributed by atoms with E-state index in [2.05, 4.69) is 11.9 Å². The first-order valence-corrected chi connectivity index (χ1v) is 8.74. The van der Waals surface area contributed by atoms with Gasteiger partial charge in [-0.3, -0.25) is 9.59 Å². The summed E-state index contributed by atoms with van der Waals surface area (Å²) in [5.74, 6) is -2.03. The Bertz CT molecular complexity index is 574. The number of fused-ring (bicyclic) bond motifs is 2. The fourth-order valence-corrected chi connectivity index (χ4v) is 3.93. The number of carbonyl (C=O) groups is 2. The van der Waals surface area contributed by atoms with E-state index < -0.39 is 17.9 Å². The molecule has 0 aromatic heterocycles. The number of carbonyl (C=O) groups excluding carboxylic acids is 2. The van der Waals surface area contributed by atoms with Gasteiger partial charge in [-0.2, -0.15) is 0 Å². The van der Waals surface area contributed by atoms with Crippen LogP contribution in [0.4, 0.5) is 0 Å². The zero-order chi connectivity index (χ0) is 17.1. The molecule has 5 heteroatoms. The molecule has 3 atom stereocenters. The number of hydrogen-bond acceptors (Lipinski definition) is 5. The number of ether oxygens (including phenoxy) is 2. The molecule has 2 heterocycles. The van der Waals surface area contributed by atoms with Crippen molar-refractivity contribution in [3.8, 4) is 0 Å². The molecule has 5 nitrogen and oxygen atoms in total. The largest absolute Gasteiger partial charge is 0.465 e. The fourth-order valence-electron chi connectivity index (χ4n) is 3.93. The molecule has 0 aliphatic carbocycles. The van der Waals surface area contributed by atoms with Crippen molar-refractivity contribution >= 4 is 11.9 Å². The van der Waals surface area contributed by atoms with Gasteiger partial charge in [-0.1, -0.05) is 30.3 Å². The summed E-state index contributed by atoms with van der Waals surface area (Å²) >= 11 is 0. The number of hydrogen-bond donors (Lipinski definition) is 0. The van der Waals surface area contributed by atoms with Crippen LogP contribution in [-0.2, 0) is 19.1 Å². The normalized spacial score (nSPS) is 27.5. The molecule has 2 saturated heterocycles. The highest BCUT2D eigenvalue weighted by Crippen LogP contribution is 2.36. The maximum absolute atomic E-state index is 12.7. The van der Waals surface area contributed by atoms with Crippen LogP contribution in [-0.4, -0.2) is 48.7 Å². The lowest BCUT2D eigenvalue weighted by atomic mass is 9.98. The molecule has 2 bridgehead atoms. The minimum absolute atomic E-state index is 0.105. The monoisotopic (exact) mass is 331 g/mol. The number of rotatable bonds is 5. The molecule has 0 amide bonds. The summed E-state index contributed by atoms with van der Waals surface area (Å²) in [4.78, 5) is 27.4. The van der Waals surface area contributed by atoms with Crippen LogP contribution in [0, 0.1) is 0 Å². The summed E-state index contributed by atoms with van der Waals surface area (Å²) in [7, 11) is 2.14. The van der Waals surface area contributed by atoms with Crippen molar-refractivity contribution < 1.29 is 19.1 Å². The highest BCUT2D eigenvalue weighted by Gasteiger charge is 2.41. The van der Waals surface area contributed by atoms with E-state index in [1.807, 2.05) is 18.2 Å². The average molecular weight is 331 g/mol. The van der Waals surface area contributed by atoms with Crippen molar-refractivity contribution in [2.75, 3.05) is 13.7 Å². The van der Waals surface area contributed by atoms with Crippen molar-refractivity contribution in [1.82, 2.24) is 4.90 Å². The summed E-state index contributed by atoms with van der Waals surface area (Å²) in [6, 6.07) is 9.97. The van der Waals surface area contributed by atoms with Crippen molar-refractivity contribution in [2.45, 2.75) is 56.7 Å². The SMILES string of the molecule is CCOC(=O)C(C(=O)OC1CC2CCC(C1)N2C)c1ccccc1. The van der Waals surface area contributed by atoms with Crippen LogP contribution >= 0.6 is 0 Å². The van der Waals surface area contributed by atoms with Gasteiger partial charge < -0.3 is 14.4 Å². The molecule has 0 N–H and O–H groups in total. The topological polar surface area (TPSA) is 55.8 Å². The van der Waals surface area contributed by atoms with E-state index in [0.29, 0.717) is 17.6 Å². The van der Waals surface area contributed by atoms with E-state index in [9.17, 15) is 9.59 Å². The number of benzene rings is 1. The molecule has 3 rings (SSSR count). The van der Waals surface area contributed by atoms with Gasteiger partial charge in [0.1, 0.15) is 6.10 Å². The van der Waals surface area contributed by atoms with Crippen LogP contribution in [0.3, 0.4) is 0 Å². The predicted octanol–water partition coefficient (Wildman–Crippen LogP) is 2.50. The Morgan fingerprint density at radius 3 is 2.33 bits per heavy atom. The van der Waals surface area contributed by atoms with Crippen LogP contribution < -0.4 is 0 Å². The summed E-state index contributed by atoms with van der Waals surface area (Å²) in [6.45, 7) is 1.98. The van der Waals surface area contributed by atoms with Crippen LogP contribution in [0.1, 0.15) is 44.1 Å². The smallest absolute Gasteiger partial charge is 0.325 e. The third kappa shape index (κ3) is 3.46. The van der Waals surface area contributed by atoms with Gasteiger partial charge in [-0.15, -0.1) is 0 Å². The van der Waals surface area contributed by atoms with Crippen LogP contribution in [0.2, 0.25) is 0 Å². The van der Waals surface area contributed by atoms with Crippen LogP contribution in [0.25, 0.3) is 0 Å². The first-order chi connectivity index (χ1) is 11.6. The lowest BCUT2D eigenvalue weighted by Gasteiger charge is -2.36. The summed E-state index contributed by atoms with van der Waals surface area (Å²) in [5, 5.41) is 0. The van der Waals surface area contributed by atoms with E-state index in [4.69, 9.17) is 9.47 Å². The molecule has 2 aliphatic heterocycles. The Morgan fingerprint density at radius 2 is 1.75 bits per heavy atom. The maximum atomic E-state index is 12.7. The van der Waals surface area contributed by atoms with Crippen molar-refractivity contribution in [3.63, 3.8) is 0 Å². The van der Waals surface area contributed by atoms with E-state index in [0.717, 1.165) is 25.7 Å². The second-order valence-electron chi connectivity index (χ2n) is 6.68. The van der Waals surface area contributed by atoms with Gasteiger partial charge in [0.2, 0.25) is 0 Å². The molecular formula is C19H25NO4. The lowest BCUT2D eigenvalue weighted by molar-refractivity contribution is -0.162. The third-order valence-electron chi connectivity index (χ3n) is 5.23.